The van der Waals surface area contributed by atoms with Gasteiger partial charge in [0.15, 0.2) is 5.69 Å². The zero-order valence-corrected chi connectivity index (χ0v) is 29.5. The van der Waals surface area contributed by atoms with Crippen LogP contribution in [0, 0.1) is 17.9 Å². The minimum Gasteiger partial charge on any atom is -0.342 e. The summed E-state index contributed by atoms with van der Waals surface area (Å²) in [7, 11) is -0.784. The molecule has 0 unspecified atom stereocenters. The lowest BCUT2D eigenvalue weighted by atomic mass is 9.76. The SMILES string of the molecule is [C-]#[N+]c1ccccc1CS(=O)(=O)NC(=O)/C(C)=C/[C@H](C(C)C)N(C)C(=O)[C@@H](NC(=O)[C@@H](NC)C(C)(C)c1ccccc1)C(C)(C)C. The number of nitrogens with zero attached hydrogens (tertiary/aromatic N) is 2. The van der Waals surface area contributed by atoms with E-state index in [1.807, 2.05) is 78.8 Å². The highest BCUT2D eigenvalue weighted by Crippen LogP contribution is 2.29. The molecule has 2 aromatic carbocycles. The van der Waals surface area contributed by atoms with Crippen molar-refractivity contribution < 1.29 is 22.8 Å². The molecule has 0 bridgehead atoms. The van der Waals surface area contributed by atoms with Crippen LogP contribution in [0.5, 0.6) is 0 Å². The van der Waals surface area contributed by atoms with Crippen LogP contribution in [0.4, 0.5) is 5.69 Å². The first-order valence-corrected chi connectivity index (χ1v) is 16.9. The number of amides is 3. The number of carbonyl (C=O) groups is 3. The van der Waals surface area contributed by atoms with Crippen molar-refractivity contribution in [2.75, 3.05) is 14.1 Å². The number of benzene rings is 2. The second-order valence-electron chi connectivity index (χ2n) is 13.6. The van der Waals surface area contributed by atoms with Gasteiger partial charge < -0.3 is 15.5 Å². The molecule has 0 fully saturated rings. The summed E-state index contributed by atoms with van der Waals surface area (Å²) < 4.78 is 27.7. The highest BCUT2D eigenvalue weighted by Gasteiger charge is 2.41. The molecule has 3 N–H and O–H groups in total. The van der Waals surface area contributed by atoms with Crippen molar-refractivity contribution in [2.45, 2.75) is 84.7 Å². The lowest BCUT2D eigenvalue weighted by Gasteiger charge is -2.40. The molecule has 3 atom stereocenters. The average molecular weight is 652 g/mol. The molecule has 2 aromatic rings. The Morgan fingerprint density at radius 2 is 1.52 bits per heavy atom. The Bertz CT molecular complexity index is 1570. The zero-order valence-electron chi connectivity index (χ0n) is 28.6. The Morgan fingerprint density at radius 1 is 0.957 bits per heavy atom. The number of nitrogens with one attached hydrogen (secondary N) is 3. The van der Waals surface area contributed by atoms with Crippen molar-refractivity contribution in [1.29, 1.82) is 0 Å². The number of para-hydroxylation sites is 1. The van der Waals surface area contributed by atoms with Crippen molar-refractivity contribution in [1.82, 2.24) is 20.3 Å². The van der Waals surface area contributed by atoms with E-state index in [9.17, 15) is 22.8 Å². The van der Waals surface area contributed by atoms with E-state index in [4.69, 9.17) is 6.57 Å². The molecule has 2 rings (SSSR count). The predicted octanol–water partition coefficient (Wildman–Crippen LogP) is 4.71. The van der Waals surface area contributed by atoms with Gasteiger partial charge >= 0.3 is 0 Å². The summed E-state index contributed by atoms with van der Waals surface area (Å²) in [5.41, 5.74) is 0.298. The third kappa shape index (κ3) is 9.74. The Morgan fingerprint density at radius 3 is 2.04 bits per heavy atom. The number of sulfonamides is 1. The summed E-state index contributed by atoms with van der Waals surface area (Å²) in [5.74, 6) is -2.18. The molecule has 10 nitrogen and oxygen atoms in total. The number of hydrogen-bond acceptors (Lipinski definition) is 6. The maximum Gasteiger partial charge on any atom is 0.260 e. The minimum atomic E-state index is -4.11. The Hall–Kier alpha value is -4.01. The summed E-state index contributed by atoms with van der Waals surface area (Å²) in [5, 5.41) is 6.14. The summed E-state index contributed by atoms with van der Waals surface area (Å²) in [6.07, 6.45) is 1.57. The van der Waals surface area contributed by atoms with Crippen LogP contribution in [-0.4, -0.2) is 63.3 Å². The first-order chi connectivity index (χ1) is 21.3. The molecular formula is C35H49N5O5S. The Kier molecular flexibility index (Phi) is 12.9. The van der Waals surface area contributed by atoms with E-state index in [1.54, 1.807) is 32.3 Å². The summed E-state index contributed by atoms with van der Waals surface area (Å²) in [4.78, 5) is 45.7. The predicted molar refractivity (Wildman–Crippen MR) is 182 cm³/mol. The molecule has 0 spiro atoms. The van der Waals surface area contributed by atoms with Crippen molar-refractivity contribution in [3.05, 3.63) is 88.8 Å². The van der Waals surface area contributed by atoms with Crippen LogP contribution in [0.3, 0.4) is 0 Å². The zero-order chi connectivity index (χ0) is 35.0. The summed E-state index contributed by atoms with van der Waals surface area (Å²) >= 11 is 0. The molecule has 250 valence electrons. The van der Waals surface area contributed by atoms with Crippen molar-refractivity contribution in [3.63, 3.8) is 0 Å². The highest BCUT2D eigenvalue weighted by molar-refractivity contribution is 7.89. The van der Waals surface area contributed by atoms with Gasteiger partial charge in [0.25, 0.3) is 5.91 Å². The fourth-order valence-electron chi connectivity index (χ4n) is 5.37. The number of likely N-dealkylation sites (N-methyl/N-ethyl adjacent to an activating group) is 2. The van der Waals surface area contributed by atoms with Crippen LogP contribution < -0.4 is 15.4 Å². The van der Waals surface area contributed by atoms with Gasteiger partial charge in [-0.05, 0) is 36.4 Å². The van der Waals surface area contributed by atoms with Crippen LogP contribution in [0.1, 0.15) is 66.5 Å². The molecule has 0 aliphatic carbocycles. The molecule has 0 aromatic heterocycles. The number of hydrogen-bond donors (Lipinski definition) is 3. The van der Waals surface area contributed by atoms with E-state index in [0.717, 1.165) is 5.56 Å². The average Bonchev–Trinajstić information content (AvgIpc) is 2.97. The molecule has 0 saturated heterocycles. The summed E-state index contributed by atoms with van der Waals surface area (Å²) in [6.45, 7) is 22.1. The standard InChI is InChI=1S/C35H49N5O5S/c1-23(2)28(21-24(3)31(41)39-46(44,45)22-25-17-15-16-20-27(25)36-9)40(11)33(43)30(34(4,5)6)38-32(42)29(37-10)35(7,8)26-18-13-12-14-19-26/h12-21,23,28-30,37H,22H2,1-8,10-11H3,(H,38,42)(H,39,41)/b24-21+/t28-,29-,30-/m1/s1. The van der Waals surface area contributed by atoms with Gasteiger partial charge in [-0.15, -0.1) is 0 Å². The van der Waals surface area contributed by atoms with Crippen LogP contribution in [0.2, 0.25) is 0 Å². The van der Waals surface area contributed by atoms with Gasteiger partial charge in [-0.1, -0.05) is 109 Å². The van der Waals surface area contributed by atoms with E-state index in [1.165, 1.54) is 24.0 Å². The van der Waals surface area contributed by atoms with E-state index in [-0.39, 0.29) is 34.6 Å². The molecule has 0 heterocycles. The third-order valence-corrected chi connectivity index (χ3v) is 9.34. The van der Waals surface area contributed by atoms with Gasteiger partial charge in [0.2, 0.25) is 21.8 Å². The molecule has 11 heteroatoms. The maximum atomic E-state index is 14.1. The number of carbonyl (C=O) groups excluding carboxylic acids is 3. The minimum absolute atomic E-state index is 0.108. The lowest BCUT2D eigenvalue weighted by molar-refractivity contribution is -0.140. The molecule has 0 aliphatic heterocycles. The van der Waals surface area contributed by atoms with Gasteiger partial charge in [-0.25, -0.2) is 18.0 Å². The molecule has 0 saturated carbocycles. The second kappa shape index (κ2) is 15.5. The van der Waals surface area contributed by atoms with Gasteiger partial charge in [0, 0.05) is 18.0 Å². The van der Waals surface area contributed by atoms with Crippen LogP contribution >= 0.6 is 0 Å². The van der Waals surface area contributed by atoms with Crippen LogP contribution in [0.15, 0.2) is 66.2 Å². The van der Waals surface area contributed by atoms with Gasteiger partial charge in [0.05, 0.1) is 24.4 Å². The van der Waals surface area contributed by atoms with E-state index < -0.39 is 50.6 Å². The van der Waals surface area contributed by atoms with Crippen LogP contribution in [0.25, 0.3) is 4.85 Å². The normalized spacial score (nSPS) is 14.5. The first kappa shape index (κ1) is 38.2. The number of rotatable bonds is 13. The molecule has 0 aliphatic rings. The van der Waals surface area contributed by atoms with Crippen molar-refractivity contribution in [3.8, 4) is 0 Å². The fourth-order valence-corrected chi connectivity index (χ4v) is 6.54. The topological polar surface area (TPSA) is 129 Å². The second-order valence-corrected chi connectivity index (χ2v) is 15.3. The molecular weight excluding hydrogens is 602 g/mol. The first-order valence-electron chi connectivity index (χ1n) is 15.2. The van der Waals surface area contributed by atoms with E-state index >= 15 is 0 Å². The molecule has 46 heavy (non-hydrogen) atoms. The van der Waals surface area contributed by atoms with Crippen LogP contribution in [-0.2, 0) is 35.6 Å². The maximum absolute atomic E-state index is 14.1. The largest absolute Gasteiger partial charge is 0.342 e. The van der Waals surface area contributed by atoms with Crippen molar-refractivity contribution in [2.24, 2.45) is 11.3 Å². The van der Waals surface area contributed by atoms with Gasteiger partial charge in [-0.2, -0.15) is 0 Å². The lowest BCUT2D eigenvalue weighted by Crippen LogP contribution is -2.61. The van der Waals surface area contributed by atoms with E-state index in [2.05, 4.69) is 20.2 Å². The highest BCUT2D eigenvalue weighted by atomic mass is 32.2. The molecule has 3 amide bonds. The van der Waals surface area contributed by atoms with Crippen molar-refractivity contribution >= 4 is 33.4 Å². The fraction of sp³-hybridized carbons (Fsp3) is 0.486. The Labute approximate surface area is 274 Å². The van der Waals surface area contributed by atoms with Gasteiger partial charge in [-0.3, -0.25) is 14.4 Å². The monoisotopic (exact) mass is 651 g/mol. The molecule has 0 radical (unpaired) electrons. The third-order valence-electron chi connectivity index (χ3n) is 8.15. The smallest absolute Gasteiger partial charge is 0.260 e. The van der Waals surface area contributed by atoms with Gasteiger partial charge in [0.1, 0.15) is 6.04 Å². The van der Waals surface area contributed by atoms with E-state index in [0.29, 0.717) is 0 Å². The quantitative estimate of drug-likeness (QED) is 0.213. The summed E-state index contributed by atoms with van der Waals surface area (Å²) in [6, 6.07) is 13.9. The Balaban J connectivity index is 2.31.